The average molecular weight is 601 g/mol. The molecule has 0 aliphatic rings. The highest BCUT2D eigenvalue weighted by atomic mass is 35.5. The number of benzene rings is 3. The Balaban J connectivity index is 1.80. The second-order valence-corrected chi connectivity index (χ2v) is 9.82. The van der Waals surface area contributed by atoms with E-state index in [0.717, 1.165) is 11.3 Å². The van der Waals surface area contributed by atoms with Crippen molar-refractivity contribution >= 4 is 64.0 Å². The Morgan fingerprint density at radius 2 is 1.13 bits per heavy atom. The lowest BCUT2D eigenvalue weighted by atomic mass is 10.2. The summed E-state index contributed by atoms with van der Waals surface area (Å²) in [5, 5.41) is 1.05. The third-order valence-corrected chi connectivity index (χ3v) is 6.57. The van der Waals surface area contributed by atoms with E-state index in [1.165, 1.54) is 38.5 Å². The van der Waals surface area contributed by atoms with Gasteiger partial charge in [0, 0.05) is 30.0 Å². The monoisotopic (exact) mass is 599 g/mol. The lowest BCUT2D eigenvalue weighted by Gasteiger charge is -2.31. The Kier molecular flexibility index (Phi) is 11.1. The van der Waals surface area contributed by atoms with Gasteiger partial charge in [-0.3, -0.25) is 0 Å². The van der Waals surface area contributed by atoms with E-state index < -0.39 is 24.5 Å². The SMILES string of the molecule is COC(CN(CC(OC)OC(=O)c1cc(Cl)ccc1Cl)c1ccc(C)cc1)OC(=O)c1cc(Cl)ccc1Cl. The standard InChI is InChI=1S/C27H25Cl4NO6/c1-16-4-8-19(9-5-16)32(14-24(35-2)37-26(33)20-12-17(28)6-10-22(20)30)15-25(36-3)38-27(34)21-13-18(29)7-11-23(21)31/h4-13,24-25H,14-15H2,1-3H3. The molecular formula is C27H25Cl4NO6. The largest absolute Gasteiger partial charge is 0.430 e. The number of aryl methyl sites for hydroxylation is 1. The van der Waals surface area contributed by atoms with Gasteiger partial charge >= 0.3 is 11.9 Å². The molecule has 2 unspecified atom stereocenters. The van der Waals surface area contributed by atoms with Crippen LogP contribution in [0.1, 0.15) is 26.3 Å². The summed E-state index contributed by atoms with van der Waals surface area (Å²) in [5.41, 5.74) is 1.99. The van der Waals surface area contributed by atoms with Crippen LogP contribution in [0, 0.1) is 6.92 Å². The van der Waals surface area contributed by atoms with Gasteiger partial charge in [0.1, 0.15) is 0 Å². The van der Waals surface area contributed by atoms with Crippen LogP contribution in [0.15, 0.2) is 60.7 Å². The van der Waals surface area contributed by atoms with Crippen molar-refractivity contribution in [3.8, 4) is 0 Å². The number of methoxy groups -OCH3 is 2. The summed E-state index contributed by atoms with van der Waals surface area (Å²) < 4.78 is 22.0. The lowest BCUT2D eigenvalue weighted by Crippen LogP contribution is -2.42. The minimum absolute atomic E-state index is 0.0683. The van der Waals surface area contributed by atoms with Crippen molar-refractivity contribution in [2.24, 2.45) is 0 Å². The number of carbonyl (C=O) groups is 2. The molecule has 3 rings (SSSR count). The van der Waals surface area contributed by atoms with Crippen molar-refractivity contribution < 1.29 is 28.5 Å². The van der Waals surface area contributed by atoms with Crippen molar-refractivity contribution in [1.29, 1.82) is 0 Å². The van der Waals surface area contributed by atoms with Gasteiger partial charge in [-0.15, -0.1) is 0 Å². The van der Waals surface area contributed by atoms with E-state index in [4.69, 9.17) is 65.4 Å². The summed E-state index contributed by atoms with van der Waals surface area (Å²) in [5.74, 6) is -1.42. The summed E-state index contributed by atoms with van der Waals surface area (Å²) in [6.07, 6.45) is -2.04. The molecule has 11 heteroatoms. The molecule has 0 saturated heterocycles. The van der Waals surface area contributed by atoms with E-state index in [1.807, 2.05) is 31.2 Å². The highest BCUT2D eigenvalue weighted by Gasteiger charge is 2.26. The van der Waals surface area contributed by atoms with Crippen molar-refractivity contribution in [3.05, 3.63) is 97.4 Å². The molecule has 0 aromatic heterocycles. The molecular weight excluding hydrogens is 576 g/mol. The number of halogens is 4. The van der Waals surface area contributed by atoms with Gasteiger partial charge < -0.3 is 23.8 Å². The Morgan fingerprint density at radius 1 is 0.711 bits per heavy atom. The van der Waals surface area contributed by atoms with Crippen LogP contribution < -0.4 is 4.90 Å². The predicted molar refractivity (Wildman–Crippen MR) is 149 cm³/mol. The van der Waals surface area contributed by atoms with E-state index >= 15 is 0 Å². The third-order valence-electron chi connectivity index (χ3n) is 5.44. The number of esters is 2. The van der Waals surface area contributed by atoms with Crippen LogP contribution in [0.25, 0.3) is 0 Å². The molecule has 7 nitrogen and oxygen atoms in total. The van der Waals surface area contributed by atoms with Gasteiger partial charge in [0.2, 0.25) is 12.6 Å². The summed E-state index contributed by atoms with van der Waals surface area (Å²) in [6.45, 7) is 2.09. The van der Waals surface area contributed by atoms with Crippen LogP contribution >= 0.6 is 46.4 Å². The fraction of sp³-hybridized carbons (Fsp3) is 0.259. The highest BCUT2D eigenvalue weighted by Crippen LogP contribution is 2.25. The molecule has 0 radical (unpaired) electrons. The lowest BCUT2D eigenvalue weighted by molar-refractivity contribution is -0.0950. The van der Waals surface area contributed by atoms with Gasteiger partial charge in [-0.25, -0.2) is 9.59 Å². The zero-order valence-corrected chi connectivity index (χ0v) is 23.8. The first kappa shape index (κ1) is 30.0. The van der Waals surface area contributed by atoms with Crippen LogP contribution in [0.5, 0.6) is 0 Å². The zero-order chi connectivity index (χ0) is 27.8. The van der Waals surface area contributed by atoms with E-state index in [-0.39, 0.29) is 34.3 Å². The molecule has 3 aromatic carbocycles. The fourth-order valence-corrected chi connectivity index (χ4v) is 4.13. The van der Waals surface area contributed by atoms with Crippen molar-refractivity contribution in [2.45, 2.75) is 19.5 Å². The molecule has 0 fully saturated rings. The maximum Gasteiger partial charge on any atom is 0.342 e. The molecule has 0 amide bonds. The van der Waals surface area contributed by atoms with E-state index in [2.05, 4.69) is 0 Å². The third kappa shape index (κ3) is 8.24. The van der Waals surface area contributed by atoms with Crippen molar-refractivity contribution in [3.63, 3.8) is 0 Å². The van der Waals surface area contributed by atoms with Gasteiger partial charge in [-0.05, 0) is 55.5 Å². The van der Waals surface area contributed by atoms with Crippen LogP contribution in [0.3, 0.4) is 0 Å². The topological polar surface area (TPSA) is 74.3 Å². The Morgan fingerprint density at radius 3 is 1.53 bits per heavy atom. The van der Waals surface area contributed by atoms with Gasteiger partial charge in [-0.2, -0.15) is 0 Å². The molecule has 0 heterocycles. The number of hydrogen-bond acceptors (Lipinski definition) is 7. The summed E-state index contributed by atoms with van der Waals surface area (Å²) in [6, 6.07) is 16.6. The van der Waals surface area contributed by atoms with Crippen molar-refractivity contribution in [2.75, 3.05) is 32.2 Å². The first-order chi connectivity index (χ1) is 18.1. The summed E-state index contributed by atoms with van der Waals surface area (Å²) in [7, 11) is 2.81. The first-order valence-electron chi connectivity index (χ1n) is 11.3. The molecule has 0 saturated carbocycles. The highest BCUT2D eigenvalue weighted by molar-refractivity contribution is 6.36. The normalized spacial score (nSPS) is 12.5. The fourth-order valence-electron chi connectivity index (χ4n) is 3.39. The number of nitrogens with zero attached hydrogens (tertiary/aromatic N) is 1. The predicted octanol–water partition coefficient (Wildman–Crippen LogP) is 7.07. The van der Waals surface area contributed by atoms with Crippen LogP contribution in [0.4, 0.5) is 5.69 Å². The zero-order valence-electron chi connectivity index (χ0n) is 20.8. The van der Waals surface area contributed by atoms with Gasteiger partial charge in [-0.1, -0.05) is 64.1 Å². The molecule has 0 bridgehead atoms. The van der Waals surface area contributed by atoms with Crippen LogP contribution in [0.2, 0.25) is 20.1 Å². The smallest absolute Gasteiger partial charge is 0.342 e. The van der Waals surface area contributed by atoms with E-state index in [1.54, 1.807) is 17.0 Å². The molecule has 202 valence electrons. The minimum Gasteiger partial charge on any atom is -0.430 e. The Labute approximate surface area is 241 Å². The maximum atomic E-state index is 12.8. The number of ether oxygens (including phenoxy) is 4. The van der Waals surface area contributed by atoms with Crippen molar-refractivity contribution in [1.82, 2.24) is 0 Å². The summed E-state index contributed by atoms with van der Waals surface area (Å²) >= 11 is 24.3. The minimum atomic E-state index is -1.02. The number of carbonyl (C=O) groups excluding carboxylic acids is 2. The molecule has 0 aliphatic heterocycles. The second kappa shape index (κ2) is 14.0. The summed E-state index contributed by atoms with van der Waals surface area (Å²) in [4.78, 5) is 27.4. The number of hydrogen-bond donors (Lipinski definition) is 0. The van der Waals surface area contributed by atoms with Crippen LogP contribution in [-0.2, 0) is 18.9 Å². The quantitative estimate of drug-likeness (QED) is 0.172. The van der Waals surface area contributed by atoms with Crippen LogP contribution in [-0.4, -0.2) is 51.8 Å². The maximum absolute atomic E-state index is 12.8. The first-order valence-corrected chi connectivity index (χ1v) is 12.8. The van der Waals surface area contributed by atoms with Gasteiger partial charge in [0.15, 0.2) is 0 Å². The molecule has 3 aromatic rings. The molecule has 0 aliphatic carbocycles. The van der Waals surface area contributed by atoms with E-state index in [0.29, 0.717) is 10.0 Å². The number of rotatable bonds is 11. The molecule has 38 heavy (non-hydrogen) atoms. The van der Waals surface area contributed by atoms with Gasteiger partial charge in [0.25, 0.3) is 0 Å². The van der Waals surface area contributed by atoms with Gasteiger partial charge in [0.05, 0.1) is 34.3 Å². The Bertz CT molecular complexity index is 1200. The number of anilines is 1. The van der Waals surface area contributed by atoms with E-state index in [9.17, 15) is 9.59 Å². The average Bonchev–Trinajstić information content (AvgIpc) is 2.90. The molecule has 2 atom stereocenters. The Hall–Kier alpha value is -2.52. The second-order valence-electron chi connectivity index (χ2n) is 8.13. The molecule has 0 N–H and O–H groups in total. The molecule has 0 spiro atoms.